The monoisotopic (exact) mass is 535 g/mol. The van der Waals surface area contributed by atoms with E-state index in [1.165, 1.54) is 12.1 Å². The number of likely N-dealkylation sites (tertiary alicyclic amines) is 1. The normalized spacial score (nSPS) is 15.9. The molecule has 7 nitrogen and oxygen atoms in total. The molecule has 1 aliphatic heterocycles. The van der Waals surface area contributed by atoms with Gasteiger partial charge in [0.25, 0.3) is 5.91 Å². The minimum atomic E-state index is -3.28. The summed E-state index contributed by atoms with van der Waals surface area (Å²) < 4.78 is 49.0. The van der Waals surface area contributed by atoms with Gasteiger partial charge in [0.05, 0.1) is 17.4 Å². The number of rotatable bonds is 11. The zero-order valence-electron chi connectivity index (χ0n) is 21.3. The first-order chi connectivity index (χ1) is 17.6. The van der Waals surface area contributed by atoms with Gasteiger partial charge in [0, 0.05) is 38.5 Å². The summed E-state index contributed by atoms with van der Waals surface area (Å²) in [6.45, 7) is 4.71. The molecule has 2 amide bonds. The molecule has 1 aliphatic rings. The number of carbonyl (C=O) groups is 2. The Balaban J connectivity index is 1.53. The second-order valence-electron chi connectivity index (χ2n) is 9.41. The largest absolute Gasteiger partial charge is 0.344 e. The van der Waals surface area contributed by atoms with Crippen LogP contribution in [-0.2, 0) is 25.8 Å². The number of sulfone groups is 1. The van der Waals surface area contributed by atoms with Crippen molar-refractivity contribution < 1.29 is 26.8 Å². The smallest absolute Gasteiger partial charge is 0.315 e. The average Bonchev–Trinajstić information content (AvgIpc) is 2.88. The van der Waals surface area contributed by atoms with Gasteiger partial charge in [0.15, 0.2) is 9.84 Å². The van der Waals surface area contributed by atoms with Gasteiger partial charge in [0.2, 0.25) is 5.91 Å². The van der Waals surface area contributed by atoms with Crippen LogP contribution in [0.5, 0.6) is 0 Å². The van der Waals surface area contributed by atoms with E-state index < -0.39 is 28.2 Å². The lowest BCUT2D eigenvalue weighted by atomic mass is 9.99. The molecule has 2 aromatic rings. The number of nitrogens with one attached hydrogen (secondary N) is 1. The summed E-state index contributed by atoms with van der Waals surface area (Å²) in [5.41, 5.74) is 1.56. The van der Waals surface area contributed by atoms with Crippen molar-refractivity contribution in [3.05, 3.63) is 65.7 Å². The van der Waals surface area contributed by atoms with Crippen molar-refractivity contribution >= 4 is 21.7 Å². The van der Waals surface area contributed by atoms with Gasteiger partial charge in [0.1, 0.15) is 0 Å². The third kappa shape index (κ3) is 8.33. The Kier molecular flexibility index (Phi) is 10.2. The number of benzene rings is 2. The van der Waals surface area contributed by atoms with Crippen molar-refractivity contribution in [2.45, 2.75) is 56.0 Å². The first kappa shape index (κ1) is 28.7. The minimum absolute atomic E-state index is 0.00640. The van der Waals surface area contributed by atoms with Crippen LogP contribution in [0.1, 0.15) is 43.4 Å². The molecule has 0 bridgehead atoms. The lowest BCUT2D eigenvalue weighted by molar-refractivity contribution is -0.133. The van der Waals surface area contributed by atoms with Gasteiger partial charge < -0.3 is 15.1 Å². The molecule has 3 rings (SSSR count). The number of likely N-dealkylation sites (N-methyl/N-ethyl adjacent to an activating group) is 1. The maximum Gasteiger partial charge on any atom is 0.315 e. The van der Waals surface area contributed by atoms with Crippen molar-refractivity contribution in [1.82, 2.24) is 15.1 Å². The van der Waals surface area contributed by atoms with Gasteiger partial charge >= 0.3 is 6.43 Å². The van der Waals surface area contributed by atoms with Crippen LogP contribution >= 0.6 is 0 Å². The van der Waals surface area contributed by atoms with Crippen LogP contribution in [-0.4, -0.2) is 74.9 Å². The van der Waals surface area contributed by atoms with E-state index >= 15 is 0 Å². The highest BCUT2D eigenvalue weighted by Gasteiger charge is 2.28. The molecule has 1 atom stereocenters. The van der Waals surface area contributed by atoms with E-state index in [9.17, 15) is 26.8 Å². The molecule has 10 heteroatoms. The maximum atomic E-state index is 13.0. The number of hydrogen-bond acceptors (Lipinski definition) is 5. The van der Waals surface area contributed by atoms with Crippen molar-refractivity contribution in [3.63, 3.8) is 0 Å². The van der Waals surface area contributed by atoms with Gasteiger partial charge in [-0.3, -0.25) is 9.59 Å². The van der Waals surface area contributed by atoms with Crippen molar-refractivity contribution in [2.75, 3.05) is 32.4 Å². The van der Waals surface area contributed by atoms with Crippen LogP contribution in [0.3, 0.4) is 0 Å². The lowest BCUT2D eigenvalue weighted by Gasteiger charge is -2.38. The fraction of sp³-hybridized carbons (Fsp3) is 0.481. The zero-order chi connectivity index (χ0) is 27.0. The number of carbonyl (C=O) groups excluding carboxylic acids is 2. The van der Waals surface area contributed by atoms with Gasteiger partial charge in [-0.2, -0.15) is 8.78 Å². The fourth-order valence-electron chi connectivity index (χ4n) is 4.78. The molecule has 202 valence electrons. The molecule has 1 N–H and O–H groups in total. The topological polar surface area (TPSA) is 86.8 Å². The molecule has 1 saturated heterocycles. The second kappa shape index (κ2) is 13.1. The summed E-state index contributed by atoms with van der Waals surface area (Å²) in [5, 5.41) is 2.46. The standard InChI is InChI=1S/C27H35F2N3O4S/c1-3-32(25(33)19-20-9-11-23(12-10-20)37(2,35)36)22-13-16-31(17-14-22)18-15-24(30-27(34)26(28)29)21-7-5-4-6-8-21/h4-12,22,24,26H,3,13-19H2,1-2H3,(H,30,34)/t24-/m0/s1. The molecule has 0 unspecified atom stereocenters. The lowest BCUT2D eigenvalue weighted by Crippen LogP contribution is -2.48. The molecule has 37 heavy (non-hydrogen) atoms. The molecule has 0 spiro atoms. The predicted octanol–water partition coefficient (Wildman–Crippen LogP) is 3.46. The molecule has 0 aliphatic carbocycles. The van der Waals surface area contributed by atoms with Crippen LogP contribution in [0.25, 0.3) is 0 Å². The highest BCUT2D eigenvalue weighted by molar-refractivity contribution is 7.90. The van der Waals surface area contributed by atoms with Gasteiger partial charge in [-0.1, -0.05) is 42.5 Å². The Morgan fingerprint density at radius 1 is 1.05 bits per heavy atom. The van der Waals surface area contributed by atoms with E-state index in [2.05, 4.69) is 10.2 Å². The summed E-state index contributed by atoms with van der Waals surface area (Å²) in [5.74, 6) is -1.26. The molecule has 0 aromatic heterocycles. The summed E-state index contributed by atoms with van der Waals surface area (Å²) in [6.07, 6.45) is 0.405. The van der Waals surface area contributed by atoms with E-state index in [-0.39, 0.29) is 23.3 Å². The Morgan fingerprint density at radius 3 is 2.22 bits per heavy atom. The number of piperidine rings is 1. The van der Waals surface area contributed by atoms with E-state index in [0.717, 1.165) is 43.3 Å². The first-order valence-electron chi connectivity index (χ1n) is 12.5. The third-order valence-electron chi connectivity index (χ3n) is 6.82. The van der Waals surface area contributed by atoms with Crippen molar-refractivity contribution in [3.8, 4) is 0 Å². The molecule has 0 saturated carbocycles. The second-order valence-corrected chi connectivity index (χ2v) is 11.4. The minimum Gasteiger partial charge on any atom is -0.344 e. The van der Waals surface area contributed by atoms with E-state index in [1.54, 1.807) is 12.1 Å². The zero-order valence-corrected chi connectivity index (χ0v) is 22.1. The number of nitrogens with zero attached hydrogens (tertiary/aromatic N) is 2. The van der Waals surface area contributed by atoms with Crippen molar-refractivity contribution in [2.24, 2.45) is 0 Å². The number of hydrogen-bond donors (Lipinski definition) is 1. The Bertz CT molecular complexity index is 1140. The van der Waals surface area contributed by atoms with E-state index in [4.69, 9.17) is 0 Å². The summed E-state index contributed by atoms with van der Waals surface area (Å²) in [6, 6.07) is 15.1. The molecular weight excluding hydrogens is 500 g/mol. The van der Waals surface area contributed by atoms with Crippen LogP contribution in [0, 0.1) is 0 Å². The quantitative estimate of drug-likeness (QED) is 0.476. The van der Waals surface area contributed by atoms with E-state index in [0.29, 0.717) is 19.5 Å². The van der Waals surface area contributed by atoms with E-state index in [1.807, 2.05) is 42.2 Å². The number of halogens is 2. The molecule has 1 fully saturated rings. The molecule has 0 radical (unpaired) electrons. The summed E-state index contributed by atoms with van der Waals surface area (Å²) in [7, 11) is -3.28. The van der Waals surface area contributed by atoms with Gasteiger partial charge in [-0.15, -0.1) is 0 Å². The highest BCUT2D eigenvalue weighted by atomic mass is 32.2. The van der Waals surface area contributed by atoms with Gasteiger partial charge in [-0.05, 0) is 49.4 Å². The fourth-order valence-corrected chi connectivity index (χ4v) is 5.41. The third-order valence-corrected chi connectivity index (χ3v) is 7.94. The van der Waals surface area contributed by atoms with Crippen LogP contribution < -0.4 is 5.32 Å². The highest BCUT2D eigenvalue weighted by Crippen LogP contribution is 2.22. The number of amides is 2. The maximum absolute atomic E-state index is 13.0. The van der Waals surface area contributed by atoms with Crippen LogP contribution in [0.15, 0.2) is 59.5 Å². The number of alkyl halides is 2. The average molecular weight is 536 g/mol. The Morgan fingerprint density at radius 2 is 1.68 bits per heavy atom. The SMILES string of the molecule is CCN(C(=O)Cc1ccc(S(C)(=O)=O)cc1)C1CCN(CC[C@H](NC(=O)C(F)F)c2ccccc2)CC1. The molecular formula is C27H35F2N3O4S. The molecule has 2 aromatic carbocycles. The first-order valence-corrected chi connectivity index (χ1v) is 14.4. The predicted molar refractivity (Wildman–Crippen MR) is 138 cm³/mol. The summed E-state index contributed by atoms with van der Waals surface area (Å²) in [4.78, 5) is 29.0. The summed E-state index contributed by atoms with van der Waals surface area (Å²) >= 11 is 0. The van der Waals surface area contributed by atoms with Gasteiger partial charge in [-0.25, -0.2) is 8.42 Å². The Labute approximate surface area is 217 Å². The Hall–Kier alpha value is -2.85. The molecule has 1 heterocycles. The van der Waals surface area contributed by atoms with Crippen LogP contribution in [0.4, 0.5) is 8.78 Å². The van der Waals surface area contributed by atoms with Crippen LogP contribution in [0.2, 0.25) is 0 Å². The van der Waals surface area contributed by atoms with Crippen molar-refractivity contribution in [1.29, 1.82) is 0 Å².